The van der Waals surface area contributed by atoms with Gasteiger partial charge in [0.2, 0.25) is 0 Å². The maximum absolute atomic E-state index is 2.46. The van der Waals surface area contributed by atoms with Gasteiger partial charge in [-0.3, -0.25) is 0 Å². The Morgan fingerprint density at radius 2 is 1.64 bits per heavy atom. The predicted molar refractivity (Wildman–Crippen MR) is 64.3 cm³/mol. The van der Waals surface area contributed by atoms with Gasteiger partial charge in [-0.25, -0.2) is 0 Å². The molecule has 0 heterocycles. The van der Waals surface area contributed by atoms with Crippen molar-refractivity contribution in [2.24, 2.45) is 28.6 Å². The fourth-order valence-corrected chi connectivity index (χ4v) is 3.97. The Bertz CT molecular complexity index is 193. The summed E-state index contributed by atoms with van der Waals surface area (Å²) in [5.74, 6) is 2.67. The normalized spacial score (nSPS) is 32.6. The summed E-state index contributed by atoms with van der Waals surface area (Å²) in [6.07, 6.45) is 2.85. The average molecular weight is 196 g/mol. The van der Waals surface area contributed by atoms with E-state index in [0.717, 1.165) is 17.8 Å². The second-order valence-electron chi connectivity index (χ2n) is 7.28. The third kappa shape index (κ3) is 2.15. The van der Waals surface area contributed by atoms with Gasteiger partial charge < -0.3 is 0 Å². The van der Waals surface area contributed by atoms with Crippen molar-refractivity contribution in [3.63, 3.8) is 0 Å². The Morgan fingerprint density at radius 3 is 1.93 bits per heavy atom. The van der Waals surface area contributed by atoms with Crippen LogP contribution >= 0.6 is 0 Å². The molecule has 0 saturated heterocycles. The van der Waals surface area contributed by atoms with Crippen LogP contribution in [0.25, 0.3) is 0 Å². The fraction of sp³-hybridized carbons (Fsp3) is 1.00. The number of rotatable bonds is 1. The average Bonchev–Trinajstić information content (AvgIpc) is 2.23. The molecule has 1 fully saturated rings. The van der Waals surface area contributed by atoms with E-state index < -0.39 is 0 Å². The van der Waals surface area contributed by atoms with Crippen molar-refractivity contribution in [3.8, 4) is 0 Å². The molecule has 84 valence electrons. The van der Waals surface area contributed by atoms with E-state index in [2.05, 4.69) is 48.5 Å². The van der Waals surface area contributed by atoms with Crippen LogP contribution in [0.4, 0.5) is 0 Å². The zero-order chi connectivity index (χ0) is 11.1. The van der Waals surface area contributed by atoms with Crippen LogP contribution in [-0.4, -0.2) is 0 Å². The first-order chi connectivity index (χ1) is 6.16. The maximum Gasteiger partial charge on any atom is -0.0283 e. The van der Waals surface area contributed by atoms with E-state index in [0.29, 0.717) is 10.8 Å². The van der Waals surface area contributed by atoms with Crippen LogP contribution in [0.2, 0.25) is 0 Å². The highest BCUT2D eigenvalue weighted by atomic mass is 14.5. The molecule has 1 aliphatic carbocycles. The summed E-state index contributed by atoms with van der Waals surface area (Å²) in [5.41, 5.74) is 1.02. The van der Waals surface area contributed by atoms with Crippen LogP contribution < -0.4 is 0 Å². The molecule has 0 amide bonds. The molecule has 0 heteroatoms. The SMILES string of the molecule is CC(C)[C@H]1CCC(C)(C)[C@H]1C(C)(C)C. The van der Waals surface area contributed by atoms with Gasteiger partial charge in [-0.05, 0) is 41.4 Å². The number of hydrogen-bond donors (Lipinski definition) is 0. The van der Waals surface area contributed by atoms with Crippen molar-refractivity contribution in [1.82, 2.24) is 0 Å². The highest BCUT2D eigenvalue weighted by molar-refractivity contribution is 4.97. The molecule has 1 rings (SSSR count). The monoisotopic (exact) mass is 196 g/mol. The second kappa shape index (κ2) is 3.54. The lowest BCUT2D eigenvalue weighted by Gasteiger charge is -2.42. The maximum atomic E-state index is 2.46. The van der Waals surface area contributed by atoms with E-state index in [1.54, 1.807) is 0 Å². The van der Waals surface area contributed by atoms with Crippen molar-refractivity contribution in [3.05, 3.63) is 0 Å². The summed E-state index contributed by atoms with van der Waals surface area (Å²) >= 11 is 0. The molecule has 0 aromatic carbocycles. The minimum absolute atomic E-state index is 0.467. The Kier molecular flexibility index (Phi) is 3.05. The first-order valence-electron chi connectivity index (χ1n) is 6.16. The van der Waals surface area contributed by atoms with Gasteiger partial charge in [-0.2, -0.15) is 0 Å². The molecule has 0 aliphatic heterocycles. The summed E-state index contributed by atoms with van der Waals surface area (Å²) in [6.45, 7) is 17.0. The minimum atomic E-state index is 0.467. The summed E-state index contributed by atoms with van der Waals surface area (Å²) in [5, 5.41) is 0. The van der Waals surface area contributed by atoms with Crippen molar-refractivity contribution in [2.45, 2.75) is 61.3 Å². The van der Waals surface area contributed by atoms with Crippen LogP contribution in [0.5, 0.6) is 0 Å². The molecule has 14 heavy (non-hydrogen) atoms. The molecule has 0 aromatic rings. The van der Waals surface area contributed by atoms with Crippen LogP contribution in [0.3, 0.4) is 0 Å². The minimum Gasteiger partial charge on any atom is -0.0625 e. The van der Waals surface area contributed by atoms with Gasteiger partial charge in [0.1, 0.15) is 0 Å². The van der Waals surface area contributed by atoms with Gasteiger partial charge in [0.05, 0.1) is 0 Å². The van der Waals surface area contributed by atoms with Crippen molar-refractivity contribution >= 4 is 0 Å². The summed E-state index contributed by atoms with van der Waals surface area (Å²) < 4.78 is 0. The summed E-state index contributed by atoms with van der Waals surface area (Å²) in [7, 11) is 0. The van der Waals surface area contributed by atoms with Crippen LogP contribution in [-0.2, 0) is 0 Å². The van der Waals surface area contributed by atoms with Crippen LogP contribution in [0.15, 0.2) is 0 Å². The van der Waals surface area contributed by atoms with E-state index in [1.807, 2.05) is 0 Å². The Morgan fingerprint density at radius 1 is 1.14 bits per heavy atom. The standard InChI is InChI=1S/C14H28/c1-10(2)11-8-9-14(6,7)12(11)13(3,4)5/h10-12H,8-9H2,1-7H3/t11-,12-/m1/s1. The largest absolute Gasteiger partial charge is 0.0625 e. The zero-order valence-electron chi connectivity index (χ0n) is 11.1. The van der Waals surface area contributed by atoms with E-state index in [4.69, 9.17) is 0 Å². The molecule has 1 aliphatic rings. The predicted octanol–water partition coefficient (Wildman–Crippen LogP) is 4.74. The quantitative estimate of drug-likeness (QED) is 0.568. The van der Waals surface area contributed by atoms with Crippen molar-refractivity contribution in [1.29, 1.82) is 0 Å². The summed E-state index contributed by atoms with van der Waals surface area (Å²) in [4.78, 5) is 0. The molecule has 0 nitrogen and oxygen atoms in total. The molecule has 0 unspecified atom stereocenters. The fourth-order valence-electron chi connectivity index (χ4n) is 3.97. The lowest BCUT2D eigenvalue weighted by atomic mass is 9.63. The van der Waals surface area contributed by atoms with Crippen LogP contribution in [0.1, 0.15) is 61.3 Å². The summed E-state index contributed by atoms with van der Waals surface area (Å²) in [6, 6.07) is 0. The van der Waals surface area contributed by atoms with Crippen molar-refractivity contribution < 1.29 is 0 Å². The van der Waals surface area contributed by atoms with E-state index in [9.17, 15) is 0 Å². The lowest BCUT2D eigenvalue weighted by molar-refractivity contribution is 0.0644. The van der Waals surface area contributed by atoms with E-state index >= 15 is 0 Å². The lowest BCUT2D eigenvalue weighted by Crippen LogP contribution is -2.35. The first-order valence-corrected chi connectivity index (χ1v) is 6.16. The molecular weight excluding hydrogens is 168 g/mol. The second-order valence-corrected chi connectivity index (χ2v) is 7.28. The molecule has 1 saturated carbocycles. The van der Waals surface area contributed by atoms with E-state index in [1.165, 1.54) is 12.8 Å². The third-order valence-corrected chi connectivity index (χ3v) is 4.18. The van der Waals surface area contributed by atoms with Crippen LogP contribution in [0, 0.1) is 28.6 Å². The molecule has 0 bridgehead atoms. The van der Waals surface area contributed by atoms with Gasteiger partial charge in [0.25, 0.3) is 0 Å². The molecular formula is C14H28. The Balaban J connectivity index is 2.93. The zero-order valence-corrected chi connectivity index (χ0v) is 11.1. The smallest absolute Gasteiger partial charge is 0.0283 e. The molecule has 0 N–H and O–H groups in total. The van der Waals surface area contributed by atoms with Gasteiger partial charge in [-0.15, -0.1) is 0 Å². The first kappa shape index (κ1) is 12.1. The van der Waals surface area contributed by atoms with Gasteiger partial charge in [-0.1, -0.05) is 48.5 Å². The highest BCUT2D eigenvalue weighted by Crippen LogP contribution is 2.56. The Hall–Kier alpha value is 0. The highest BCUT2D eigenvalue weighted by Gasteiger charge is 2.48. The molecule has 0 radical (unpaired) electrons. The van der Waals surface area contributed by atoms with Gasteiger partial charge >= 0.3 is 0 Å². The third-order valence-electron chi connectivity index (χ3n) is 4.18. The topological polar surface area (TPSA) is 0 Å². The molecule has 2 atom stereocenters. The van der Waals surface area contributed by atoms with Gasteiger partial charge in [0, 0.05) is 0 Å². The van der Waals surface area contributed by atoms with Crippen molar-refractivity contribution in [2.75, 3.05) is 0 Å². The molecule has 0 spiro atoms. The van der Waals surface area contributed by atoms with Gasteiger partial charge in [0.15, 0.2) is 0 Å². The Labute approximate surface area is 90.5 Å². The number of hydrogen-bond acceptors (Lipinski definition) is 0. The van der Waals surface area contributed by atoms with E-state index in [-0.39, 0.29) is 0 Å². The molecule has 0 aromatic heterocycles.